The minimum Gasteiger partial charge on any atom is -0.438 e. The van der Waals surface area contributed by atoms with E-state index in [0.717, 1.165) is 6.34 Å². The van der Waals surface area contributed by atoms with E-state index in [-0.39, 0.29) is 11.7 Å². The zero-order chi connectivity index (χ0) is 19.5. The number of benzene rings is 1. The molecule has 2 aromatic rings. The van der Waals surface area contributed by atoms with E-state index < -0.39 is 18.9 Å². The van der Waals surface area contributed by atoms with Gasteiger partial charge in [0.25, 0.3) is 0 Å². The second-order valence-electron chi connectivity index (χ2n) is 5.61. The second-order valence-corrected chi connectivity index (χ2v) is 6.04. The number of rotatable bonds is 4. The Kier molecular flexibility index (Phi) is 5.91. The third-order valence-electron chi connectivity index (χ3n) is 3.30. The van der Waals surface area contributed by atoms with Crippen LogP contribution in [-0.4, -0.2) is 35.0 Å². The molecular formula is C16H16ClF3N4O2. The molecular weight excluding hydrogens is 373 g/mol. The Morgan fingerprint density at radius 3 is 2.50 bits per heavy atom. The fourth-order valence-corrected chi connectivity index (χ4v) is 2.37. The van der Waals surface area contributed by atoms with Gasteiger partial charge in [0.1, 0.15) is 0 Å². The zero-order valence-corrected chi connectivity index (χ0v) is 14.7. The van der Waals surface area contributed by atoms with Gasteiger partial charge in [-0.05, 0) is 23.6 Å². The highest BCUT2D eigenvalue weighted by Gasteiger charge is 2.32. The van der Waals surface area contributed by atoms with Gasteiger partial charge in [-0.2, -0.15) is 18.3 Å². The van der Waals surface area contributed by atoms with Crippen molar-refractivity contribution in [3.05, 3.63) is 35.0 Å². The highest BCUT2D eigenvalue weighted by Crippen LogP contribution is 2.37. The summed E-state index contributed by atoms with van der Waals surface area (Å²) in [6.07, 6.45) is -5.03. The Bertz CT molecular complexity index is 814. The van der Waals surface area contributed by atoms with Crippen molar-refractivity contribution in [3.8, 4) is 11.1 Å². The van der Waals surface area contributed by atoms with Crippen molar-refractivity contribution in [1.82, 2.24) is 9.78 Å². The molecule has 0 bridgehead atoms. The quantitative estimate of drug-likeness (QED) is 0.617. The number of aromatic nitrogens is 2. The molecule has 0 saturated heterocycles. The molecule has 1 aromatic heterocycles. The molecule has 140 valence electrons. The first-order valence-corrected chi connectivity index (χ1v) is 7.89. The van der Waals surface area contributed by atoms with Gasteiger partial charge in [-0.25, -0.2) is 9.79 Å². The number of hydrogen-bond donors (Lipinski definition) is 1. The van der Waals surface area contributed by atoms with Crippen LogP contribution in [-0.2, 0) is 4.74 Å². The average Bonchev–Trinajstić information content (AvgIpc) is 2.93. The summed E-state index contributed by atoms with van der Waals surface area (Å²) in [6.45, 7) is 1.91. The highest BCUT2D eigenvalue weighted by molar-refractivity contribution is 6.30. The number of alkyl halides is 3. The molecule has 0 aliphatic heterocycles. The molecule has 0 fully saturated rings. The SMILES string of the molecule is CC(C)c1nn(C(=O)OCC(F)(F)F)c(/N=C\N)c1-c1ccc(Cl)cc1. The lowest BCUT2D eigenvalue weighted by molar-refractivity contribution is -0.160. The minimum atomic E-state index is -4.65. The number of hydrogen-bond acceptors (Lipinski definition) is 4. The molecule has 2 rings (SSSR count). The molecule has 26 heavy (non-hydrogen) atoms. The highest BCUT2D eigenvalue weighted by atomic mass is 35.5. The van der Waals surface area contributed by atoms with E-state index in [4.69, 9.17) is 17.3 Å². The molecule has 1 aromatic carbocycles. The van der Waals surface area contributed by atoms with Crippen LogP contribution in [0.15, 0.2) is 29.3 Å². The van der Waals surface area contributed by atoms with Gasteiger partial charge in [-0.1, -0.05) is 37.6 Å². The zero-order valence-electron chi connectivity index (χ0n) is 13.9. The van der Waals surface area contributed by atoms with Crippen LogP contribution in [0.3, 0.4) is 0 Å². The van der Waals surface area contributed by atoms with Crippen molar-refractivity contribution in [2.24, 2.45) is 10.7 Å². The van der Waals surface area contributed by atoms with E-state index >= 15 is 0 Å². The van der Waals surface area contributed by atoms with Crippen LogP contribution in [0.1, 0.15) is 25.5 Å². The summed E-state index contributed by atoms with van der Waals surface area (Å²) in [5.41, 5.74) is 6.89. The standard InChI is InChI=1S/C16H16ClF3N4O2/c1-9(2)13-12(10-3-5-11(17)6-4-10)14(22-8-21)24(23-13)15(25)26-7-16(18,19)20/h3-6,8-9H,7H2,1-2H3,(H2,21,22). The Morgan fingerprint density at radius 2 is 2.00 bits per heavy atom. The Balaban J connectivity index is 2.57. The summed E-state index contributed by atoms with van der Waals surface area (Å²) < 4.78 is 41.9. The number of carbonyl (C=O) groups excluding carboxylic acids is 1. The molecule has 0 aliphatic rings. The predicted molar refractivity (Wildman–Crippen MR) is 91.9 cm³/mol. The van der Waals surface area contributed by atoms with Crippen molar-refractivity contribution in [2.75, 3.05) is 6.61 Å². The largest absolute Gasteiger partial charge is 0.438 e. The van der Waals surface area contributed by atoms with E-state index in [1.165, 1.54) is 0 Å². The molecule has 6 nitrogen and oxygen atoms in total. The van der Waals surface area contributed by atoms with Crippen LogP contribution < -0.4 is 5.73 Å². The van der Waals surface area contributed by atoms with E-state index in [1.807, 2.05) is 13.8 Å². The fourth-order valence-electron chi connectivity index (χ4n) is 2.25. The summed E-state index contributed by atoms with van der Waals surface area (Å²) in [5.74, 6) is -0.172. The third kappa shape index (κ3) is 4.54. The van der Waals surface area contributed by atoms with E-state index in [2.05, 4.69) is 14.8 Å². The van der Waals surface area contributed by atoms with Gasteiger partial charge in [0.15, 0.2) is 12.4 Å². The van der Waals surface area contributed by atoms with Gasteiger partial charge in [-0.15, -0.1) is 4.68 Å². The maximum Gasteiger partial charge on any atom is 0.437 e. The van der Waals surface area contributed by atoms with Crippen LogP contribution in [0.25, 0.3) is 11.1 Å². The minimum absolute atomic E-state index is 0.0225. The van der Waals surface area contributed by atoms with Crippen LogP contribution >= 0.6 is 11.6 Å². The van der Waals surface area contributed by atoms with Crippen molar-refractivity contribution in [1.29, 1.82) is 0 Å². The van der Waals surface area contributed by atoms with Gasteiger partial charge < -0.3 is 10.5 Å². The summed E-state index contributed by atoms with van der Waals surface area (Å²) in [5, 5.41) is 4.60. The maximum absolute atomic E-state index is 12.3. The number of nitrogens with zero attached hydrogens (tertiary/aromatic N) is 3. The molecule has 0 unspecified atom stereocenters. The Morgan fingerprint density at radius 1 is 1.38 bits per heavy atom. The lowest BCUT2D eigenvalue weighted by atomic mass is 9.99. The maximum atomic E-state index is 12.3. The number of nitrogens with two attached hydrogens (primary N) is 1. The van der Waals surface area contributed by atoms with Crippen LogP contribution in [0, 0.1) is 0 Å². The average molecular weight is 389 g/mol. The second kappa shape index (κ2) is 7.77. The van der Waals surface area contributed by atoms with E-state index in [0.29, 0.717) is 26.5 Å². The first-order valence-electron chi connectivity index (χ1n) is 7.51. The normalized spacial score (nSPS) is 12.1. The summed E-state index contributed by atoms with van der Waals surface area (Å²) in [7, 11) is 0. The topological polar surface area (TPSA) is 82.5 Å². The van der Waals surface area contributed by atoms with Crippen molar-refractivity contribution < 1.29 is 22.7 Å². The predicted octanol–water partition coefficient (Wildman–Crippen LogP) is 4.49. The molecule has 1 heterocycles. The lowest BCUT2D eigenvalue weighted by Gasteiger charge is -2.08. The number of carbonyl (C=O) groups is 1. The van der Waals surface area contributed by atoms with E-state index in [1.54, 1.807) is 24.3 Å². The smallest absolute Gasteiger partial charge is 0.437 e. The third-order valence-corrected chi connectivity index (χ3v) is 3.55. The number of halogens is 4. The van der Waals surface area contributed by atoms with Crippen molar-refractivity contribution >= 4 is 29.9 Å². The van der Waals surface area contributed by atoms with Crippen LogP contribution in [0.5, 0.6) is 0 Å². The van der Waals surface area contributed by atoms with Gasteiger partial charge in [-0.3, -0.25) is 0 Å². The molecule has 10 heteroatoms. The number of aliphatic imine (C=N–C) groups is 1. The van der Waals surface area contributed by atoms with Crippen LogP contribution in [0.4, 0.5) is 23.8 Å². The Hall–Kier alpha value is -2.55. The molecule has 0 aliphatic carbocycles. The molecule has 0 amide bonds. The monoisotopic (exact) mass is 388 g/mol. The van der Waals surface area contributed by atoms with Gasteiger partial charge in [0, 0.05) is 5.02 Å². The lowest BCUT2D eigenvalue weighted by Crippen LogP contribution is -2.24. The van der Waals surface area contributed by atoms with Gasteiger partial charge >= 0.3 is 12.3 Å². The van der Waals surface area contributed by atoms with Crippen molar-refractivity contribution in [3.63, 3.8) is 0 Å². The first-order chi connectivity index (χ1) is 12.1. The fraction of sp³-hybridized carbons (Fsp3) is 0.312. The van der Waals surface area contributed by atoms with Gasteiger partial charge in [0.05, 0.1) is 17.6 Å². The summed E-state index contributed by atoms with van der Waals surface area (Å²) >= 11 is 5.89. The van der Waals surface area contributed by atoms with Crippen molar-refractivity contribution in [2.45, 2.75) is 25.9 Å². The first kappa shape index (κ1) is 19.8. The number of ether oxygens (including phenoxy) is 1. The molecule has 0 atom stereocenters. The summed E-state index contributed by atoms with van der Waals surface area (Å²) in [6, 6.07) is 6.64. The molecule has 2 N–H and O–H groups in total. The molecule has 0 spiro atoms. The Labute approximate surface area is 152 Å². The summed E-state index contributed by atoms with van der Waals surface area (Å²) in [4.78, 5) is 16.0. The molecule has 0 saturated carbocycles. The van der Waals surface area contributed by atoms with Crippen LogP contribution in [0.2, 0.25) is 5.02 Å². The van der Waals surface area contributed by atoms with E-state index in [9.17, 15) is 18.0 Å². The molecule has 0 radical (unpaired) electrons. The van der Waals surface area contributed by atoms with Gasteiger partial charge in [0.2, 0.25) is 0 Å².